The number of likely N-dealkylation sites (tertiary alicyclic amines) is 1. The summed E-state index contributed by atoms with van der Waals surface area (Å²) >= 11 is 6.00. The number of benzene rings is 1. The first-order valence-electron chi connectivity index (χ1n) is 8.48. The zero-order valence-corrected chi connectivity index (χ0v) is 15.0. The minimum absolute atomic E-state index is 0.0173. The minimum atomic E-state index is -0.0578. The molecule has 0 atom stereocenters. The molecule has 0 spiro atoms. The fraction of sp³-hybridized carbons (Fsp3) is 0.368. The maximum absolute atomic E-state index is 12.2. The Hall–Kier alpha value is -2.11. The Morgan fingerprint density at radius 3 is 2.72 bits per heavy atom. The van der Waals surface area contributed by atoms with E-state index in [1.807, 2.05) is 25.1 Å². The van der Waals surface area contributed by atoms with E-state index >= 15 is 0 Å². The molecule has 1 aromatic heterocycles. The molecule has 25 heavy (non-hydrogen) atoms. The molecule has 1 aliphatic heterocycles. The largest absolute Gasteiger partial charge is 0.329 e. The lowest BCUT2D eigenvalue weighted by Crippen LogP contribution is -2.38. The van der Waals surface area contributed by atoms with E-state index in [0.29, 0.717) is 17.5 Å². The van der Waals surface area contributed by atoms with Crippen molar-refractivity contribution in [2.24, 2.45) is 0 Å². The number of pyridine rings is 1. The number of nitrogens with one attached hydrogen (secondary N) is 2. The fourth-order valence-corrected chi connectivity index (χ4v) is 3.38. The van der Waals surface area contributed by atoms with Crippen LogP contribution in [-0.2, 0) is 4.79 Å². The molecule has 1 aromatic carbocycles. The highest BCUT2D eigenvalue weighted by Gasteiger charge is 2.22. The number of carbonyl (C=O) groups is 1. The van der Waals surface area contributed by atoms with Gasteiger partial charge in [-0.2, -0.15) is 0 Å². The van der Waals surface area contributed by atoms with Gasteiger partial charge in [0.05, 0.1) is 6.54 Å². The molecule has 6 heteroatoms. The zero-order chi connectivity index (χ0) is 17.8. The van der Waals surface area contributed by atoms with Crippen LogP contribution in [0, 0.1) is 6.92 Å². The van der Waals surface area contributed by atoms with Crippen molar-refractivity contribution in [1.29, 1.82) is 0 Å². The lowest BCUT2D eigenvalue weighted by molar-refractivity contribution is -0.117. The third kappa shape index (κ3) is 4.71. The molecular weight excluding hydrogens is 338 g/mol. The SMILES string of the molecule is Cc1cc(NC(=O)CN2CCC(c3cc[nH]c(=O)c3)CC2)ccc1Cl. The second kappa shape index (κ2) is 7.85. The van der Waals surface area contributed by atoms with Crippen LogP contribution >= 0.6 is 11.6 Å². The summed E-state index contributed by atoms with van der Waals surface area (Å²) in [4.78, 5) is 28.5. The van der Waals surface area contributed by atoms with Crippen LogP contribution in [-0.4, -0.2) is 35.4 Å². The molecule has 1 aliphatic rings. The standard InChI is InChI=1S/C19H22ClN3O2/c1-13-10-16(2-3-17(13)20)22-19(25)12-23-8-5-14(6-9-23)15-4-7-21-18(24)11-15/h2-4,7,10-11,14H,5-6,8-9,12H2,1H3,(H,21,24)(H,22,25). The summed E-state index contributed by atoms with van der Waals surface area (Å²) in [6, 6.07) is 9.12. The monoisotopic (exact) mass is 359 g/mol. The minimum Gasteiger partial charge on any atom is -0.329 e. The van der Waals surface area contributed by atoms with E-state index in [2.05, 4.69) is 15.2 Å². The number of piperidine rings is 1. The molecule has 1 fully saturated rings. The predicted molar refractivity (Wildman–Crippen MR) is 100 cm³/mol. The molecule has 0 unspecified atom stereocenters. The number of halogens is 1. The van der Waals surface area contributed by atoms with Crippen molar-refractivity contribution in [2.45, 2.75) is 25.7 Å². The van der Waals surface area contributed by atoms with Gasteiger partial charge in [0.1, 0.15) is 0 Å². The molecule has 0 aliphatic carbocycles. The van der Waals surface area contributed by atoms with E-state index in [0.717, 1.165) is 42.7 Å². The molecule has 1 saturated heterocycles. The zero-order valence-electron chi connectivity index (χ0n) is 14.2. The van der Waals surface area contributed by atoms with E-state index in [4.69, 9.17) is 11.6 Å². The number of hydrogen-bond donors (Lipinski definition) is 2. The summed E-state index contributed by atoms with van der Waals surface area (Å²) in [5, 5.41) is 3.62. The number of anilines is 1. The quantitative estimate of drug-likeness (QED) is 0.881. The Morgan fingerprint density at radius 1 is 1.28 bits per heavy atom. The summed E-state index contributed by atoms with van der Waals surface area (Å²) in [5.41, 5.74) is 2.74. The van der Waals surface area contributed by atoms with E-state index < -0.39 is 0 Å². The molecule has 1 amide bonds. The van der Waals surface area contributed by atoms with Crippen LogP contribution < -0.4 is 10.9 Å². The number of aromatic amines is 1. The summed E-state index contributed by atoms with van der Waals surface area (Å²) in [6.45, 7) is 4.00. The average Bonchev–Trinajstić information content (AvgIpc) is 2.59. The molecule has 2 heterocycles. The van der Waals surface area contributed by atoms with Gasteiger partial charge < -0.3 is 10.3 Å². The van der Waals surface area contributed by atoms with E-state index in [-0.39, 0.29) is 11.5 Å². The van der Waals surface area contributed by atoms with Crippen LogP contribution in [0.2, 0.25) is 5.02 Å². The fourth-order valence-electron chi connectivity index (χ4n) is 3.27. The average molecular weight is 360 g/mol. The molecule has 0 radical (unpaired) electrons. The maximum atomic E-state index is 12.2. The van der Waals surface area contributed by atoms with Gasteiger partial charge in [-0.15, -0.1) is 0 Å². The lowest BCUT2D eigenvalue weighted by atomic mass is 9.90. The summed E-state index contributed by atoms with van der Waals surface area (Å²) in [7, 11) is 0. The van der Waals surface area contributed by atoms with Crippen LogP contribution in [0.25, 0.3) is 0 Å². The number of aromatic nitrogens is 1. The third-order valence-electron chi connectivity index (χ3n) is 4.67. The number of hydrogen-bond acceptors (Lipinski definition) is 3. The Kier molecular flexibility index (Phi) is 5.56. The molecule has 0 bridgehead atoms. The molecule has 0 saturated carbocycles. The number of nitrogens with zero attached hydrogens (tertiary/aromatic N) is 1. The smallest absolute Gasteiger partial charge is 0.248 e. The van der Waals surface area contributed by atoms with Crippen LogP contribution in [0.1, 0.15) is 29.9 Å². The molecule has 3 rings (SSSR count). The topological polar surface area (TPSA) is 65.2 Å². The highest BCUT2D eigenvalue weighted by atomic mass is 35.5. The number of rotatable bonds is 4. The second-order valence-electron chi connectivity index (χ2n) is 6.55. The third-order valence-corrected chi connectivity index (χ3v) is 5.09. The summed E-state index contributed by atoms with van der Waals surface area (Å²) in [5.74, 6) is 0.372. The maximum Gasteiger partial charge on any atom is 0.248 e. The van der Waals surface area contributed by atoms with Crippen molar-refractivity contribution in [1.82, 2.24) is 9.88 Å². The Labute approximate surface area is 152 Å². The van der Waals surface area contributed by atoms with Gasteiger partial charge in [-0.25, -0.2) is 0 Å². The Bertz CT molecular complexity index is 810. The normalized spacial score (nSPS) is 15.9. The second-order valence-corrected chi connectivity index (χ2v) is 6.96. The van der Waals surface area contributed by atoms with E-state index in [1.165, 1.54) is 0 Å². The predicted octanol–water partition coefficient (Wildman–Crippen LogP) is 3.15. The Balaban J connectivity index is 1.50. The molecule has 5 nitrogen and oxygen atoms in total. The van der Waals surface area contributed by atoms with Crippen molar-refractivity contribution >= 4 is 23.2 Å². The first kappa shape index (κ1) is 17.7. The van der Waals surface area contributed by atoms with Crippen molar-refractivity contribution in [3.8, 4) is 0 Å². The molecule has 132 valence electrons. The van der Waals surface area contributed by atoms with Gasteiger partial charge in [0, 0.05) is 23.0 Å². The van der Waals surface area contributed by atoms with Gasteiger partial charge in [-0.3, -0.25) is 14.5 Å². The van der Waals surface area contributed by atoms with Gasteiger partial charge in [-0.05, 0) is 74.2 Å². The Morgan fingerprint density at radius 2 is 2.04 bits per heavy atom. The van der Waals surface area contributed by atoms with Gasteiger partial charge in [-0.1, -0.05) is 11.6 Å². The van der Waals surface area contributed by atoms with Crippen LogP contribution in [0.15, 0.2) is 41.3 Å². The molecule has 2 N–H and O–H groups in total. The molecular formula is C19H22ClN3O2. The summed E-state index contributed by atoms with van der Waals surface area (Å²) in [6.07, 6.45) is 3.61. The van der Waals surface area contributed by atoms with Crippen LogP contribution in [0.5, 0.6) is 0 Å². The number of carbonyl (C=O) groups excluding carboxylic acids is 1. The van der Waals surface area contributed by atoms with Crippen molar-refractivity contribution in [3.63, 3.8) is 0 Å². The highest BCUT2D eigenvalue weighted by Crippen LogP contribution is 2.27. The van der Waals surface area contributed by atoms with Gasteiger partial charge >= 0.3 is 0 Å². The first-order valence-corrected chi connectivity index (χ1v) is 8.86. The van der Waals surface area contributed by atoms with Crippen molar-refractivity contribution in [3.05, 3.63) is 63.0 Å². The van der Waals surface area contributed by atoms with Crippen molar-refractivity contribution in [2.75, 3.05) is 25.0 Å². The van der Waals surface area contributed by atoms with Gasteiger partial charge in [0.25, 0.3) is 0 Å². The number of H-pyrrole nitrogens is 1. The number of amides is 1. The van der Waals surface area contributed by atoms with E-state index in [9.17, 15) is 9.59 Å². The van der Waals surface area contributed by atoms with E-state index in [1.54, 1.807) is 18.3 Å². The summed E-state index contributed by atoms with van der Waals surface area (Å²) < 4.78 is 0. The molecule has 2 aromatic rings. The highest BCUT2D eigenvalue weighted by molar-refractivity contribution is 6.31. The first-order chi connectivity index (χ1) is 12.0. The number of aryl methyl sites for hydroxylation is 1. The van der Waals surface area contributed by atoms with Crippen molar-refractivity contribution < 1.29 is 4.79 Å². The van der Waals surface area contributed by atoms with Crippen LogP contribution in [0.3, 0.4) is 0 Å². The van der Waals surface area contributed by atoms with Gasteiger partial charge in [0.2, 0.25) is 11.5 Å². The lowest BCUT2D eigenvalue weighted by Gasteiger charge is -2.31. The van der Waals surface area contributed by atoms with Gasteiger partial charge in [0.15, 0.2) is 0 Å². The van der Waals surface area contributed by atoms with Crippen LogP contribution in [0.4, 0.5) is 5.69 Å².